The van der Waals surface area contributed by atoms with E-state index >= 15 is 0 Å². The number of carbonyl (C=O) groups excluding carboxylic acids is 1. The Morgan fingerprint density at radius 1 is 1.39 bits per heavy atom. The lowest BCUT2D eigenvalue weighted by molar-refractivity contribution is 0.0526. The number of rotatable bonds is 6. The number of benzene rings is 1. The fraction of sp³-hybridized carbons (Fsp3) is 0.278. The van der Waals surface area contributed by atoms with E-state index in [1.807, 2.05) is 0 Å². The molecule has 0 fully saturated rings. The van der Waals surface area contributed by atoms with Gasteiger partial charge in [-0.2, -0.15) is 10.4 Å². The van der Waals surface area contributed by atoms with Crippen LogP contribution in [0.4, 0.5) is 11.4 Å². The molecule has 1 aromatic carbocycles. The quantitative estimate of drug-likeness (QED) is 0.560. The molecular weight excluding hydrogens is 388 g/mol. The zero-order valence-electron chi connectivity index (χ0n) is 15.1. The number of esters is 1. The van der Waals surface area contributed by atoms with E-state index in [1.54, 1.807) is 13.0 Å². The van der Waals surface area contributed by atoms with E-state index in [4.69, 9.17) is 21.4 Å². The average Bonchev–Trinajstić information content (AvgIpc) is 2.66. The molecule has 0 amide bonds. The highest BCUT2D eigenvalue weighted by atomic mass is 35.5. The highest BCUT2D eigenvalue weighted by Gasteiger charge is 2.19. The maximum absolute atomic E-state index is 12.5. The Labute approximate surface area is 165 Å². The molecule has 146 valence electrons. The Bertz CT molecular complexity index is 1040. The molecule has 0 spiro atoms. The third-order valence-corrected chi connectivity index (χ3v) is 4.13. The lowest BCUT2D eigenvalue weighted by atomic mass is 10.1. The molecule has 1 heterocycles. The monoisotopic (exact) mass is 404 g/mol. The minimum Gasteiger partial charge on any atom is -0.493 e. The van der Waals surface area contributed by atoms with Crippen LogP contribution in [-0.4, -0.2) is 34.0 Å². The van der Waals surface area contributed by atoms with Crippen molar-refractivity contribution in [3.8, 4) is 11.9 Å². The SMILES string of the molecule is CCOC(=O)c1cc(N=Nc2c(C)c(C#N)c(O)n(CCO)c2=O)ccc1Cl. The molecule has 0 aliphatic rings. The Balaban J connectivity index is 2.54. The van der Waals surface area contributed by atoms with Gasteiger partial charge < -0.3 is 14.9 Å². The van der Waals surface area contributed by atoms with Crippen LogP contribution in [0.5, 0.6) is 5.88 Å². The molecule has 9 nitrogen and oxygen atoms in total. The fourth-order valence-corrected chi connectivity index (χ4v) is 2.61. The minimum absolute atomic E-state index is 0.0952. The molecule has 2 N–H and O–H groups in total. The van der Waals surface area contributed by atoms with Crippen molar-refractivity contribution in [3.63, 3.8) is 0 Å². The number of nitrogens with zero attached hydrogens (tertiary/aromatic N) is 4. The molecule has 0 saturated heterocycles. The average molecular weight is 405 g/mol. The zero-order chi connectivity index (χ0) is 20.8. The molecule has 0 atom stereocenters. The first-order valence-corrected chi connectivity index (χ1v) is 8.59. The van der Waals surface area contributed by atoms with Gasteiger partial charge in [-0.15, -0.1) is 5.11 Å². The standard InChI is InChI=1S/C18H17ClN4O5/c1-3-28-18(27)12-8-11(4-5-14(12)19)21-22-15-10(2)13(9-20)16(25)23(6-7-24)17(15)26/h4-5,8,24-25H,3,6-7H2,1-2H3. The lowest BCUT2D eigenvalue weighted by Crippen LogP contribution is -2.23. The van der Waals surface area contributed by atoms with Crippen LogP contribution in [0.1, 0.15) is 28.4 Å². The highest BCUT2D eigenvalue weighted by Crippen LogP contribution is 2.28. The molecule has 2 rings (SSSR count). The van der Waals surface area contributed by atoms with Gasteiger partial charge in [-0.25, -0.2) is 4.79 Å². The topological polar surface area (TPSA) is 137 Å². The summed E-state index contributed by atoms with van der Waals surface area (Å²) in [5.41, 5.74) is -0.570. The first-order valence-electron chi connectivity index (χ1n) is 8.21. The number of aliphatic hydroxyl groups excluding tert-OH is 1. The van der Waals surface area contributed by atoms with Gasteiger partial charge in [0.1, 0.15) is 11.6 Å². The highest BCUT2D eigenvalue weighted by molar-refractivity contribution is 6.33. The molecule has 0 radical (unpaired) electrons. The maximum Gasteiger partial charge on any atom is 0.339 e. The number of carbonyl (C=O) groups is 1. The van der Waals surface area contributed by atoms with Crippen molar-refractivity contribution in [3.05, 3.63) is 50.3 Å². The molecule has 28 heavy (non-hydrogen) atoms. The lowest BCUT2D eigenvalue weighted by Gasteiger charge is -2.11. The summed E-state index contributed by atoms with van der Waals surface area (Å²) in [5.74, 6) is -1.17. The third kappa shape index (κ3) is 4.19. The number of hydrogen-bond acceptors (Lipinski definition) is 8. The van der Waals surface area contributed by atoms with Crippen molar-refractivity contribution >= 4 is 28.9 Å². The summed E-state index contributed by atoms with van der Waals surface area (Å²) < 4.78 is 5.75. The molecule has 0 bridgehead atoms. The zero-order valence-corrected chi connectivity index (χ0v) is 15.9. The predicted molar refractivity (Wildman–Crippen MR) is 100 cm³/mol. The summed E-state index contributed by atoms with van der Waals surface area (Å²) in [6.45, 7) is 2.65. The number of pyridine rings is 1. The summed E-state index contributed by atoms with van der Waals surface area (Å²) in [7, 11) is 0. The largest absolute Gasteiger partial charge is 0.493 e. The number of halogens is 1. The number of azo groups is 1. The minimum atomic E-state index is -0.716. The Kier molecular flexibility index (Phi) is 6.87. The van der Waals surface area contributed by atoms with E-state index in [2.05, 4.69) is 10.2 Å². The Morgan fingerprint density at radius 2 is 2.11 bits per heavy atom. The van der Waals surface area contributed by atoms with Crippen LogP contribution in [0.25, 0.3) is 0 Å². The maximum atomic E-state index is 12.5. The smallest absolute Gasteiger partial charge is 0.339 e. The molecule has 2 aromatic rings. The fourth-order valence-electron chi connectivity index (χ4n) is 2.41. The van der Waals surface area contributed by atoms with Crippen LogP contribution >= 0.6 is 11.6 Å². The number of aliphatic hydroxyl groups is 1. The first kappa shape index (κ1) is 21.1. The van der Waals surface area contributed by atoms with Crippen LogP contribution in [-0.2, 0) is 11.3 Å². The van der Waals surface area contributed by atoms with Crippen LogP contribution in [0, 0.1) is 18.3 Å². The molecule has 0 unspecified atom stereocenters. The summed E-state index contributed by atoms with van der Waals surface area (Å²) in [4.78, 5) is 24.5. The summed E-state index contributed by atoms with van der Waals surface area (Å²) in [5, 5.41) is 36.4. The number of aromatic nitrogens is 1. The summed E-state index contributed by atoms with van der Waals surface area (Å²) in [6.07, 6.45) is 0. The first-order chi connectivity index (χ1) is 13.3. The van der Waals surface area contributed by atoms with Gasteiger partial charge in [0, 0.05) is 5.56 Å². The number of aromatic hydroxyl groups is 1. The molecule has 0 aliphatic heterocycles. The number of nitriles is 1. The van der Waals surface area contributed by atoms with Crippen LogP contribution in [0.2, 0.25) is 5.02 Å². The van der Waals surface area contributed by atoms with Crippen molar-refractivity contribution in [2.24, 2.45) is 10.2 Å². The predicted octanol–water partition coefficient (Wildman–Crippen LogP) is 2.97. The molecule has 0 saturated carbocycles. The van der Waals surface area contributed by atoms with E-state index in [1.165, 1.54) is 25.1 Å². The van der Waals surface area contributed by atoms with Gasteiger partial charge in [0.2, 0.25) is 5.88 Å². The third-order valence-electron chi connectivity index (χ3n) is 3.80. The van der Waals surface area contributed by atoms with Crippen molar-refractivity contribution in [1.82, 2.24) is 4.57 Å². The molecule has 0 aliphatic carbocycles. The van der Waals surface area contributed by atoms with Crippen molar-refractivity contribution in [2.45, 2.75) is 20.4 Å². The van der Waals surface area contributed by atoms with E-state index in [0.29, 0.717) is 0 Å². The number of hydrogen-bond donors (Lipinski definition) is 2. The van der Waals surface area contributed by atoms with Gasteiger partial charge in [0.05, 0.1) is 36.0 Å². The van der Waals surface area contributed by atoms with Crippen molar-refractivity contribution < 1.29 is 19.7 Å². The van der Waals surface area contributed by atoms with Gasteiger partial charge in [0.15, 0.2) is 5.69 Å². The van der Waals surface area contributed by atoms with Crippen LogP contribution < -0.4 is 5.56 Å². The van der Waals surface area contributed by atoms with Crippen molar-refractivity contribution in [2.75, 3.05) is 13.2 Å². The van der Waals surface area contributed by atoms with Crippen LogP contribution in [0.15, 0.2) is 33.2 Å². The van der Waals surface area contributed by atoms with Gasteiger partial charge in [-0.3, -0.25) is 9.36 Å². The summed E-state index contributed by atoms with van der Waals surface area (Å²) >= 11 is 5.99. The van der Waals surface area contributed by atoms with E-state index in [9.17, 15) is 20.0 Å². The second-order valence-corrected chi connectivity index (χ2v) is 5.96. The Morgan fingerprint density at radius 3 is 2.71 bits per heavy atom. The van der Waals surface area contributed by atoms with E-state index in [0.717, 1.165) is 4.57 Å². The van der Waals surface area contributed by atoms with Gasteiger partial charge in [-0.1, -0.05) is 11.6 Å². The molecule has 10 heteroatoms. The second kappa shape index (κ2) is 9.12. The Hall–Kier alpha value is -3.22. The number of ether oxygens (including phenoxy) is 1. The second-order valence-electron chi connectivity index (χ2n) is 5.55. The van der Waals surface area contributed by atoms with Crippen LogP contribution in [0.3, 0.4) is 0 Å². The van der Waals surface area contributed by atoms with Gasteiger partial charge in [0.25, 0.3) is 5.56 Å². The summed E-state index contributed by atoms with van der Waals surface area (Å²) in [6, 6.07) is 6.09. The normalized spacial score (nSPS) is 10.8. The molecular formula is C18H17ClN4O5. The van der Waals surface area contributed by atoms with E-state index in [-0.39, 0.29) is 46.2 Å². The molecule has 1 aromatic heterocycles. The van der Waals surface area contributed by atoms with Crippen molar-refractivity contribution in [1.29, 1.82) is 5.26 Å². The van der Waals surface area contributed by atoms with Gasteiger partial charge >= 0.3 is 5.97 Å². The van der Waals surface area contributed by atoms with E-state index < -0.39 is 24.0 Å². The van der Waals surface area contributed by atoms with Gasteiger partial charge in [-0.05, 0) is 32.0 Å².